The highest BCUT2D eigenvalue weighted by Crippen LogP contribution is 2.53. The van der Waals surface area contributed by atoms with Crippen molar-refractivity contribution in [2.24, 2.45) is 23.7 Å². The summed E-state index contributed by atoms with van der Waals surface area (Å²) in [4.78, 5) is 29.3. The summed E-state index contributed by atoms with van der Waals surface area (Å²) in [5.74, 6) is -0.952. The average Bonchev–Trinajstić information content (AvgIpc) is 3.36. The van der Waals surface area contributed by atoms with Crippen LogP contribution < -0.4 is 0 Å². The molecule has 0 spiro atoms. The molecule has 1 amide bonds. The Hall–Kier alpha value is -2.40. The lowest BCUT2D eigenvalue weighted by molar-refractivity contribution is -0.153. The van der Waals surface area contributed by atoms with E-state index in [0.717, 1.165) is 38.9 Å². The molecule has 2 bridgehead atoms. The topological polar surface area (TPSA) is 60.9 Å². The Labute approximate surface area is 171 Å². The van der Waals surface area contributed by atoms with Gasteiger partial charge < -0.3 is 10.0 Å². The van der Waals surface area contributed by atoms with Gasteiger partial charge in [0, 0.05) is 32.7 Å². The molecule has 0 aromatic heterocycles. The first-order chi connectivity index (χ1) is 14.1. The van der Waals surface area contributed by atoms with Crippen LogP contribution in [0.25, 0.3) is 10.8 Å². The fourth-order valence-corrected chi connectivity index (χ4v) is 6.01. The summed E-state index contributed by atoms with van der Waals surface area (Å²) >= 11 is 0. The maximum atomic E-state index is 13.2. The average molecular weight is 392 g/mol. The van der Waals surface area contributed by atoms with Crippen LogP contribution in [0.3, 0.4) is 0 Å². The van der Waals surface area contributed by atoms with Gasteiger partial charge in [0.15, 0.2) is 0 Å². The van der Waals surface area contributed by atoms with Crippen molar-refractivity contribution in [3.63, 3.8) is 0 Å². The van der Waals surface area contributed by atoms with Crippen molar-refractivity contribution in [2.75, 3.05) is 26.2 Å². The Morgan fingerprint density at radius 3 is 2.34 bits per heavy atom. The van der Waals surface area contributed by atoms with Crippen LogP contribution in [-0.2, 0) is 16.1 Å². The molecule has 2 aliphatic carbocycles. The van der Waals surface area contributed by atoms with Crippen molar-refractivity contribution >= 4 is 22.6 Å². The minimum Gasteiger partial charge on any atom is -0.481 e. The molecule has 3 aliphatic rings. The standard InChI is InChI=1S/C24H28N2O3/c27-23(21-17-8-9-18(14-17)22(21)24(28)29)26-12-10-25(11-13-26)15-19-6-3-5-16-4-1-2-7-20(16)19/h1-7,17-18,21-22H,8-15H2,(H,28,29)/t17-,18-,21+,22+/m0/s1. The summed E-state index contributed by atoms with van der Waals surface area (Å²) in [6.45, 7) is 3.96. The summed E-state index contributed by atoms with van der Waals surface area (Å²) in [5.41, 5.74) is 1.32. The molecule has 1 saturated heterocycles. The van der Waals surface area contributed by atoms with Gasteiger partial charge >= 0.3 is 5.97 Å². The molecular weight excluding hydrogens is 364 g/mol. The van der Waals surface area contributed by atoms with Crippen molar-refractivity contribution < 1.29 is 14.7 Å². The number of nitrogens with zero attached hydrogens (tertiary/aromatic N) is 2. The number of fused-ring (bicyclic) bond motifs is 3. The molecule has 0 unspecified atom stereocenters. The van der Waals surface area contributed by atoms with E-state index in [-0.39, 0.29) is 23.7 Å². The summed E-state index contributed by atoms with van der Waals surface area (Å²) in [7, 11) is 0. The zero-order chi connectivity index (χ0) is 20.0. The molecule has 2 aromatic rings. The number of carbonyl (C=O) groups is 2. The molecule has 3 fully saturated rings. The SMILES string of the molecule is O=C(O)[C@@H]1[C@H]2CC[C@@H](C2)[C@H]1C(=O)N1CCN(Cc2cccc3ccccc23)CC1. The molecular formula is C24H28N2O3. The molecule has 5 rings (SSSR count). The van der Waals surface area contributed by atoms with Crippen LogP contribution >= 0.6 is 0 Å². The number of carbonyl (C=O) groups excluding carboxylic acids is 1. The number of piperazine rings is 1. The van der Waals surface area contributed by atoms with E-state index in [2.05, 4.69) is 47.4 Å². The van der Waals surface area contributed by atoms with Gasteiger partial charge in [0.25, 0.3) is 0 Å². The first-order valence-electron chi connectivity index (χ1n) is 10.8. The largest absolute Gasteiger partial charge is 0.481 e. The van der Waals surface area contributed by atoms with Crippen LogP contribution in [-0.4, -0.2) is 53.0 Å². The zero-order valence-corrected chi connectivity index (χ0v) is 16.7. The maximum Gasteiger partial charge on any atom is 0.307 e. The highest BCUT2D eigenvalue weighted by Gasteiger charge is 2.54. The normalized spacial score (nSPS) is 29.4. The first-order valence-corrected chi connectivity index (χ1v) is 10.8. The van der Waals surface area contributed by atoms with Gasteiger partial charge in [-0.15, -0.1) is 0 Å². The molecule has 5 heteroatoms. The number of rotatable bonds is 4. The first kappa shape index (κ1) is 18.6. The van der Waals surface area contributed by atoms with E-state index in [1.54, 1.807) is 0 Å². The smallest absolute Gasteiger partial charge is 0.307 e. The van der Waals surface area contributed by atoms with Crippen LogP contribution in [0.4, 0.5) is 0 Å². The Bertz CT molecular complexity index is 929. The van der Waals surface area contributed by atoms with Gasteiger partial charge in [-0.1, -0.05) is 42.5 Å². The summed E-state index contributed by atoms with van der Waals surface area (Å²) in [6, 6.07) is 14.9. The highest BCUT2D eigenvalue weighted by atomic mass is 16.4. The second kappa shape index (κ2) is 7.45. The summed E-state index contributed by atoms with van der Waals surface area (Å²) < 4.78 is 0. The van der Waals surface area contributed by atoms with E-state index >= 15 is 0 Å². The van der Waals surface area contributed by atoms with Gasteiger partial charge in [-0.05, 0) is 47.4 Å². The molecule has 1 N–H and O–H groups in total. The van der Waals surface area contributed by atoms with Crippen LogP contribution in [0.2, 0.25) is 0 Å². The van der Waals surface area contributed by atoms with Crippen LogP contribution in [0.5, 0.6) is 0 Å². The number of hydrogen-bond acceptors (Lipinski definition) is 3. The van der Waals surface area contributed by atoms with Gasteiger partial charge in [-0.3, -0.25) is 14.5 Å². The predicted molar refractivity (Wildman–Crippen MR) is 111 cm³/mol. The van der Waals surface area contributed by atoms with E-state index in [4.69, 9.17) is 0 Å². The molecule has 1 heterocycles. The lowest BCUT2D eigenvalue weighted by atomic mass is 9.78. The van der Waals surface area contributed by atoms with Crippen molar-refractivity contribution in [3.8, 4) is 0 Å². The van der Waals surface area contributed by atoms with Gasteiger partial charge in [0.05, 0.1) is 11.8 Å². The van der Waals surface area contributed by atoms with Crippen molar-refractivity contribution in [1.82, 2.24) is 9.80 Å². The molecule has 152 valence electrons. The molecule has 1 aliphatic heterocycles. The number of benzene rings is 2. The lowest BCUT2D eigenvalue weighted by Gasteiger charge is -2.38. The van der Waals surface area contributed by atoms with Gasteiger partial charge in [-0.2, -0.15) is 0 Å². The monoisotopic (exact) mass is 392 g/mol. The number of carboxylic acid groups (broad SMARTS) is 1. The number of aliphatic carboxylic acids is 1. The quantitative estimate of drug-likeness (QED) is 0.868. The fraction of sp³-hybridized carbons (Fsp3) is 0.500. The van der Waals surface area contributed by atoms with Crippen LogP contribution in [0, 0.1) is 23.7 Å². The van der Waals surface area contributed by atoms with Crippen molar-refractivity contribution in [1.29, 1.82) is 0 Å². The third-order valence-electron chi connectivity index (χ3n) is 7.44. The molecule has 2 saturated carbocycles. The van der Waals surface area contributed by atoms with Crippen molar-refractivity contribution in [3.05, 3.63) is 48.0 Å². The molecule has 2 aromatic carbocycles. The predicted octanol–water partition coefficient (Wildman–Crippen LogP) is 3.23. The molecule has 29 heavy (non-hydrogen) atoms. The zero-order valence-electron chi connectivity index (χ0n) is 16.7. The third kappa shape index (κ3) is 3.31. The van der Waals surface area contributed by atoms with Crippen LogP contribution in [0.15, 0.2) is 42.5 Å². The number of hydrogen-bond donors (Lipinski definition) is 1. The van der Waals surface area contributed by atoms with Gasteiger partial charge in [-0.25, -0.2) is 0 Å². The van der Waals surface area contributed by atoms with E-state index in [0.29, 0.717) is 13.1 Å². The van der Waals surface area contributed by atoms with Gasteiger partial charge in [0.2, 0.25) is 5.91 Å². The minimum atomic E-state index is -0.773. The van der Waals surface area contributed by atoms with Gasteiger partial charge in [0.1, 0.15) is 0 Å². The van der Waals surface area contributed by atoms with Crippen molar-refractivity contribution in [2.45, 2.75) is 25.8 Å². The van der Waals surface area contributed by atoms with Crippen LogP contribution in [0.1, 0.15) is 24.8 Å². The molecule has 5 nitrogen and oxygen atoms in total. The summed E-state index contributed by atoms with van der Waals surface area (Å²) in [5, 5.41) is 12.2. The van der Waals surface area contributed by atoms with E-state index in [1.165, 1.54) is 16.3 Å². The Morgan fingerprint density at radius 1 is 0.897 bits per heavy atom. The second-order valence-corrected chi connectivity index (χ2v) is 8.96. The Balaban J connectivity index is 1.24. The molecule has 4 atom stereocenters. The number of carboxylic acids is 1. The Kier molecular flexibility index (Phi) is 4.78. The second-order valence-electron chi connectivity index (χ2n) is 8.96. The van der Waals surface area contributed by atoms with E-state index in [1.807, 2.05) is 4.90 Å². The summed E-state index contributed by atoms with van der Waals surface area (Å²) in [6.07, 6.45) is 2.92. The minimum absolute atomic E-state index is 0.0920. The van der Waals surface area contributed by atoms with E-state index < -0.39 is 11.9 Å². The highest BCUT2D eigenvalue weighted by molar-refractivity contribution is 5.87. The lowest BCUT2D eigenvalue weighted by Crippen LogP contribution is -2.52. The molecule has 0 radical (unpaired) electrons. The fourth-order valence-electron chi connectivity index (χ4n) is 6.01. The third-order valence-corrected chi connectivity index (χ3v) is 7.44. The number of amides is 1. The van der Waals surface area contributed by atoms with E-state index in [9.17, 15) is 14.7 Å². The maximum absolute atomic E-state index is 13.2. The Morgan fingerprint density at radius 2 is 1.59 bits per heavy atom.